The second-order valence-electron chi connectivity index (χ2n) is 8.84. The molecule has 10 heteroatoms. The van der Waals surface area contributed by atoms with E-state index in [1.54, 1.807) is 6.07 Å². The number of hydrogen-bond acceptors (Lipinski definition) is 9. The zero-order valence-corrected chi connectivity index (χ0v) is 16.8. The number of carbonyl (C=O) groups is 2. The molecule has 8 atom stereocenters. The van der Waals surface area contributed by atoms with Gasteiger partial charge < -0.3 is 35.0 Å². The van der Waals surface area contributed by atoms with E-state index in [0.717, 1.165) is 5.56 Å². The zero-order valence-electron chi connectivity index (χ0n) is 16.8. The Balaban J connectivity index is 1.57. The van der Waals surface area contributed by atoms with E-state index >= 15 is 0 Å². The summed E-state index contributed by atoms with van der Waals surface area (Å²) in [5, 5.41) is 50.5. The van der Waals surface area contributed by atoms with Crippen molar-refractivity contribution in [2.24, 2.45) is 0 Å². The Labute approximate surface area is 176 Å². The first-order valence-electron chi connectivity index (χ1n) is 9.99. The third-order valence-electron chi connectivity index (χ3n) is 7.39. The number of hydrogen-bond donors (Lipinski definition) is 5. The van der Waals surface area contributed by atoms with Gasteiger partial charge >= 0.3 is 11.9 Å². The minimum atomic E-state index is -2.34. The number of carboxylic acid groups (broad SMARTS) is 1. The predicted octanol–water partition coefficient (Wildman–Crippen LogP) is -0.846. The smallest absolute Gasteiger partial charge is 0.343 e. The van der Waals surface area contributed by atoms with Gasteiger partial charge in [-0.05, 0) is 38.1 Å². The summed E-state index contributed by atoms with van der Waals surface area (Å²) in [6, 6.07) is 3.19. The summed E-state index contributed by atoms with van der Waals surface area (Å²) in [6.07, 6.45) is -3.48. The lowest BCUT2D eigenvalue weighted by Gasteiger charge is -2.48. The van der Waals surface area contributed by atoms with Gasteiger partial charge in [-0.25, -0.2) is 9.59 Å². The molecule has 0 bridgehead atoms. The monoisotopic (exact) mass is 433 g/mol. The van der Waals surface area contributed by atoms with Crippen LogP contribution in [0.1, 0.15) is 24.0 Å². The molecule has 1 saturated heterocycles. The number of aromatic hydroxyl groups is 1. The van der Waals surface area contributed by atoms with Crippen molar-refractivity contribution in [3.8, 4) is 11.5 Å². The SMILES string of the molecule is Cc1ccc(O)c2c1[C@]13CC4[C@@H](N4C)[C@]1(O)CC=C(OC(=O)[C@H](O)[C@@H](O)C(=O)O)[C@@H]3O2. The summed E-state index contributed by atoms with van der Waals surface area (Å²) in [5.41, 5.74) is -0.760. The van der Waals surface area contributed by atoms with Gasteiger partial charge in [0.15, 0.2) is 29.8 Å². The van der Waals surface area contributed by atoms with Gasteiger partial charge in [0, 0.05) is 18.0 Å². The van der Waals surface area contributed by atoms with Crippen LogP contribution in [-0.4, -0.2) is 85.4 Å². The fraction of sp³-hybridized carbons (Fsp3) is 0.524. The van der Waals surface area contributed by atoms with Crippen molar-refractivity contribution in [2.45, 2.75) is 61.2 Å². The summed E-state index contributed by atoms with van der Waals surface area (Å²) in [4.78, 5) is 25.3. The van der Waals surface area contributed by atoms with Gasteiger partial charge in [0.1, 0.15) is 5.76 Å². The van der Waals surface area contributed by atoms with Crippen molar-refractivity contribution >= 4 is 11.9 Å². The molecule has 4 aliphatic rings. The topological polar surface area (TPSA) is 157 Å². The Morgan fingerprint density at radius 2 is 2.00 bits per heavy atom. The van der Waals surface area contributed by atoms with Crippen LogP contribution >= 0.6 is 0 Å². The maximum absolute atomic E-state index is 12.3. The molecule has 2 unspecified atom stereocenters. The number of benzene rings is 1. The van der Waals surface area contributed by atoms with Crippen LogP contribution in [0.15, 0.2) is 24.0 Å². The third-order valence-corrected chi connectivity index (χ3v) is 7.39. The molecule has 5 rings (SSSR count). The van der Waals surface area contributed by atoms with E-state index in [1.807, 2.05) is 14.0 Å². The molecule has 166 valence electrons. The van der Waals surface area contributed by atoms with E-state index in [2.05, 4.69) is 4.90 Å². The first kappa shape index (κ1) is 20.3. The molecule has 0 radical (unpaired) electrons. The van der Waals surface area contributed by atoms with Crippen molar-refractivity contribution in [1.29, 1.82) is 0 Å². The van der Waals surface area contributed by atoms with Crippen LogP contribution in [0.5, 0.6) is 11.5 Å². The van der Waals surface area contributed by atoms with Crippen LogP contribution in [0.2, 0.25) is 0 Å². The number of phenolic OH excluding ortho intramolecular Hbond substituents is 1. The highest BCUT2D eigenvalue weighted by Crippen LogP contribution is 2.69. The van der Waals surface area contributed by atoms with Crippen LogP contribution < -0.4 is 4.74 Å². The molecule has 2 fully saturated rings. The highest BCUT2D eigenvalue weighted by Gasteiger charge is 2.80. The van der Waals surface area contributed by atoms with Gasteiger partial charge in [-0.2, -0.15) is 0 Å². The number of carboxylic acids is 1. The number of aliphatic hydroxyl groups excluding tert-OH is 2. The fourth-order valence-electron chi connectivity index (χ4n) is 5.93. The van der Waals surface area contributed by atoms with E-state index in [1.165, 1.54) is 12.1 Å². The van der Waals surface area contributed by atoms with Crippen molar-refractivity contribution in [2.75, 3.05) is 7.05 Å². The molecule has 5 N–H and O–H groups in total. The number of likely N-dealkylation sites (tertiary alicyclic amines) is 1. The molecule has 31 heavy (non-hydrogen) atoms. The zero-order chi connectivity index (χ0) is 22.5. The average Bonchev–Trinajstić information content (AvgIpc) is 3.08. The van der Waals surface area contributed by atoms with E-state index in [-0.39, 0.29) is 35.8 Å². The van der Waals surface area contributed by atoms with Gasteiger partial charge in [0.25, 0.3) is 0 Å². The Morgan fingerprint density at radius 1 is 1.29 bits per heavy atom. The Hall–Kier alpha value is -2.66. The maximum atomic E-state index is 12.3. The van der Waals surface area contributed by atoms with Crippen LogP contribution in [0.25, 0.3) is 0 Å². The van der Waals surface area contributed by atoms with Crippen LogP contribution in [0.3, 0.4) is 0 Å². The number of nitrogens with zero attached hydrogens (tertiary/aromatic N) is 1. The number of piperidine rings is 1. The van der Waals surface area contributed by atoms with Gasteiger partial charge in [0.05, 0.1) is 17.1 Å². The van der Waals surface area contributed by atoms with E-state index in [9.17, 15) is 30.0 Å². The Kier molecular flexibility index (Phi) is 4.05. The molecule has 1 saturated carbocycles. The minimum Gasteiger partial charge on any atom is -0.504 e. The van der Waals surface area contributed by atoms with Gasteiger partial charge in [0.2, 0.25) is 0 Å². The molecule has 1 aromatic rings. The number of rotatable bonds is 4. The largest absolute Gasteiger partial charge is 0.504 e. The van der Waals surface area contributed by atoms with E-state index < -0.39 is 41.3 Å². The molecule has 2 aliphatic carbocycles. The van der Waals surface area contributed by atoms with Crippen molar-refractivity contribution in [3.63, 3.8) is 0 Å². The summed E-state index contributed by atoms with van der Waals surface area (Å²) in [5.74, 6) is -3.00. The number of esters is 1. The van der Waals surface area contributed by atoms with Gasteiger partial charge in [-0.1, -0.05) is 6.07 Å². The predicted molar refractivity (Wildman–Crippen MR) is 102 cm³/mol. The third kappa shape index (κ3) is 2.35. The molecule has 2 heterocycles. The summed E-state index contributed by atoms with van der Waals surface area (Å²) >= 11 is 0. The van der Waals surface area contributed by atoms with Crippen LogP contribution in [0.4, 0.5) is 0 Å². The van der Waals surface area contributed by atoms with Crippen LogP contribution in [0, 0.1) is 6.92 Å². The Bertz CT molecular complexity index is 1040. The number of carbonyl (C=O) groups excluding carboxylic acids is 1. The number of fused-ring (bicyclic) bond motifs is 3. The number of ether oxygens (including phenoxy) is 2. The Morgan fingerprint density at radius 3 is 2.68 bits per heavy atom. The standard InChI is InChI=1S/C21H23NO9/c1-8-3-4-10(23)15-12(8)20-7-9-16(22(9)2)21(20,29)6-5-11(17(20)31-15)30-19(28)14(25)13(24)18(26)27/h3-5,9,13-14,16-17,23-25,29H,6-7H2,1-2H3,(H,26,27)/t9?,13-,14-,16-,17+,20+,21-,22?/m1/s1. The van der Waals surface area contributed by atoms with E-state index in [0.29, 0.717) is 12.0 Å². The maximum Gasteiger partial charge on any atom is 0.343 e. The summed E-state index contributed by atoms with van der Waals surface area (Å²) in [7, 11) is 1.92. The lowest BCUT2D eigenvalue weighted by atomic mass is 9.60. The first-order chi connectivity index (χ1) is 14.5. The second kappa shape index (κ2) is 6.19. The molecular formula is C21H23NO9. The van der Waals surface area contributed by atoms with Crippen molar-refractivity contribution in [3.05, 3.63) is 35.1 Å². The minimum absolute atomic E-state index is 0.00488. The number of likely N-dealkylation sites (N-methyl/N-ethyl adjacent to an activating group) is 1. The number of aliphatic hydroxyl groups is 3. The number of aryl methyl sites for hydroxylation is 1. The average molecular weight is 433 g/mol. The summed E-state index contributed by atoms with van der Waals surface area (Å²) in [6.45, 7) is 1.85. The second-order valence-corrected chi connectivity index (χ2v) is 8.84. The summed E-state index contributed by atoms with van der Waals surface area (Å²) < 4.78 is 11.4. The first-order valence-corrected chi connectivity index (χ1v) is 9.99. The highest BCUT2D eigenvalue weighted by atomic mass is 16.6. The highest BCUT2D eigenvalue weighted by molar-refractivity contribution is 5.85. The fourth-order valence-corrected chi connectivity index (χ4v) is 5.93. The van der Waals surface area contributed by atoms with Crippen molar-refractivity contribution in [1.82, 2.24) is 4.90 Å². The number of aliphatic carboxylic acids is 1. The molecule has 0 amide bonds. The molecule has 2 aliphatic heterocycles. The lowest BCUT2D eigenvalue weighted by Crippen LogP contribution is -2.61. The van der Waals surface area contributed by atoms with E-state index in [4.69, 9.17) is 14.6 Å². The lowest BCUT2D eigenvalue weighted by molar-refractivity contribution is -0.169. The number of phenols is 1. The van der Waals surface area contributed by atoms with Crippen LogP contribution in [-0.2, 0) is 19.7 Å². The van der Waals surface area contributed by atoms with Gasteiger partial charge in [-0.3, -0.25) is 4.90 Å². The van der Waals surface area contributed by atoms with Gasteiger partial charge in [-0.15, -0.1) is 0 Å². The molecule has 10 nitrogen and oxygen atoms in total. The molecule has 1 spiro atoms. The molecule has 1 aromatic carbocycles. The normalized spacial score (nSPS) is 38.5. The molecule has 0 aromatic heterocycles. The molecular weight excluding hydrogens is 410 g/mol. The quantitative estimate of drug-likeness (QED) is 0.299. The van der Waals surface area contributed by atoms with Crippen molar-refractivity contribution < 1.29 is 44.6 Å².